The Bertz CT molecular complexity index is 563. The van der Waals surface area contributed by atoms with Gasteiger partial charge in [-0.25, -0.2) is 23.0 Å². The van der Waals surface area contributed by atoms with E-state index in [0.717, 1.165) is 17.8 Å². The van der Waals surface area contributed by atoms with Crippen molar-refractivity contribution < 1.29 is 33.3 Å². The van der Waals surface area contributed by atoms with Crippen LogP contribution in [0.2, 0.25) is 0 Å². The van der Waals surface area contributed by atoms with E-state index in [4.69, 9.17) is 18.6 Å². The normalized spacial score (nSPS) is 11.1. The summed E-state index contributed by atoms with van der Waals surface area (Å²) in [6.07, 6.45) is 3.11. The molecule has 0 aliphatic carbocycles. The predicted octanol–water partition coefficient (Wildman–Crippen LogP) is -2.76. The van der Waals surface area contributed by atoms with Crippen LogP contribution in [0.1, 0.15) is 23.9 Å². The molecule has 0 aliphatic rings. The van der Waals surface area contributed by atoms with E-state index in [1.807, 2.05) is 18.2 Å². The van der Waals surface area contributed by atoms with Gasteiger partial charge in [0.1, 0.15) is 5.69 Å². The van der Waals surface area contributed by atoms with Crippen LogP contribution in [0, 0.1) is 24.1 Å². The third-order valence-corrected chi connectivity index (χ3v) is 2.71. The molecule has 19 heavy (non-hydrogen) atoms. The largest absolute Gasteiger partial charge is 0.328 e. The lowest BCUT2D eigenvalue weighted by atomic mass is 10.1. The first-order chi connectivity index (χ1) is 8.74. The molecule has 0 spiro atoms. The zero-order chi connectivity index (χ0) is 14.6. The molecule has 0 aromatic carbocycles. The molecule has 0 saturated carbocycles. The van der Waals surface area contributed by atoms with Crippen molar-refractivity contribution in [2.45, 2.75) is 27.2 Å². The summed E-state index contributed by atoms with van der Waals surface area (Å²) in [5.41, 5.74) is 4.83. The number of rotatable bonds is 1. The SMILES string of the molecule is CCc1c(C)nc2cccc[n+]2c1C.[O-][Cl+3]([O-])([O-])[O-]. The first-order valence-electron chi connectivity index (χ1n) is 5.62. The molecular formula is C12H15ClN2O4. The Balaban J connectivity index is 0.000000312. The van der Waals surface area contributed by atoms with Gasteiger partial charge in [0.25, 0.3) is 0 Å². The molecule has 0 amide bonds. The van der Waals surface area contributed by atoms with Crippen LogP contribution >= 0.6 is 0 Å². The third-order valence-electron chi connectivity index (χ3n) is 2.71. The number of aryl methyl sites for hydroxylation is 2. The standard InChI is InChI=1S/C12H15N2.ClHO4/c1-4-11-9(2)13-12-7-5-6-8-14(12)10(11)3;2-1(3,4)5/h5-8H,4H2,1-3H3;(H,2,3,4,5)/q+1;/p-1. The molecule has 104 valence electrons. The zero-order valence-electron chi connectivity index (χ0n) is 10.9. The summed E-state index contributed by atoms with van der Waals surface area (Å²) in [6, 6.07) is 6.10. The van der Waals surface area contributed by atoms with E-state index in [9.17, 15) is 0 Å². The number of pyridine rings is 1. The maximum atomic E-state index is 8.49. The van der Waals surface area contributed by atoms with Gasteiger partial charge < -0.3 is 0 Å². The lowest BCUT2D eigenvalue weighted by molar-refractivity contribution is -2.00. The maximum absolute atomic E-state index is 8.49. The van der Waals surface area contributed by atoms with Gasteiger partial charge in [0, 0.05) is 18.6 Å². The highest BCUT2D eigenvalue weighted by Crippen LogP contribution is 2.09. The van der Waals surface area contributed by atoms with Gasteiger partial charge in [-0.05, 0) is 24.4 Å². The van der Waals surface area contributed by atoms with Gasteiger partial charge in [0.15, 0.2) is 5.69 Å². The Hall–Kier alpha value is -1.31. The number of nitrogens with zero attached hydrogens (tertiary/aromatic N) is 2. The van der Waals surface area contributed by atoms with Crippen molar-refractivity contribution in [3.8, 4) is 0 Å². The van der Waals surface area contributed by atoms with Crippen LogP contribution in [0.25, 0.3) is 5.65 Å². The minimum atomic E-state index is -4.94. The van der Waals surface area contributed by atoms with Gasteiger partial charge in [-0.15, -0.1) is 10.2 Å². The molecule has 2 heterocycles. The number of halogens is 1. The van der Waals surface area contributed by atoms with Crippen LogP contribution in [0.15, 0.2) is 24.4 Å². The molecule has 0 atom stereocenters. The highest BCUT2D eigenvalue weighted by atomic mass is 35.7. The van der Waals surface area contributed by atoms with Gasteiger partial charge in [0.2, 0.25) is 0 Å². The second-order valence-electron chi connectivity index (χ2n) is 3.92. The smallest absolute Gasteiger partial charge is 0.222 e. The molecule has 2 rings (SSSR count). The van der Waals surface area contributed by atoms with E-state index in [1.54, 1.807) is 0 Å². The molecule has 0 saturated heterocycles. The molecular weight excluding hydrogens is 272 g/mol. The highest BCUT2D eigenvalue weighted by Gasteiger charge is 2.14. The molecule has 0 aliphatic heterocycles. The van der Waals surface area contributed by atoms with Crippen molar-refractivity contribution in [2.24, 2.45) is 0 Å². The summed E-state index contributed by atoms with van der Waals surface area (Å²) in [5, 5.41) is 0. The average Bonchev–Trinajstić information content (AvgIpc) is 2.27. The van der Waals surface area contributed by atoms with Crippen molar-refractivity contribution in [1.29, 1.82) is 0 Å². The molecule has 2 aromatic heterocycles. The Kier molecular flexibility index (Phi) is 5.16. The number of aromatic nitrogens is 2. The van der Waals surface area contributed by atoms with Crippen molar-refractivity contribution in [3.63, 3.8) is 0 Å². The predicted molar refractivity (Wildman–Crippen MR) is 56.2 cm³/mol. The van der Waals surface area contributed by atoms with Gasteiger partial charge in [0.05, 0.1) is 6.20 Å². The minimum Gasteiger partial charge on any atom is -0.222 e. The van der Waals surface area contributed by atoms with Crippen LogP contribution in [-0.2, 0) is 6.42 Å². The lowest BCUT2D eigenvalue weighted by Gasteiger charge is -2.17. The molecule has 6 nitrogen and oxygen atoms in total. The van der Waals surface area contributed by atoms with E-state index < -0.39 is 10.2 Å². The van der Waals surface area contributed by atoms with Crippen molar-refractivity contribution in [3.05, 3.63) is 41.3 Å². The maximum Gasteiger partial charge on any atom is 0.328 e. The van der Waals surface area contributed by atoms with Crippen molar-refractivity contribution in [1.82, 2.24) is 4.98 Å². The fraction of sp³-hybridized carbons (Fsp3) is 0.333. The first kappa shape index (κ1) is 15.7. The molecule has 2 aromatic rings. The summed E-state index contributed by atoms with van der Waals surface area (Å²) in [7, 11) is -4.94. The summed E-state index contributed by atoms with van der Waals surface area (Å²) >= 11 is 0. The highest BCUT2D eigenvalue weighted by molar-refractivity contribution is 5.33. The Morgan fingerprint density at radius 3 is 2.26 bits per heavy atom. The van der Waals surface area contributed by atoms with Crippen LogP contribution in [0.5, 0.6) is 0 Å². The summed E-state index contributed by atoms with van der Waals surface area (Å²) in [5.74, 6) is 0. The van der Waals surface area contributed by atoms with Crippen molar-refractivity contribution in [2.75, 3.05) is 0 Å². The third kappa shape index (κ3) is 4.70. The second kappa shape index (κ2) is 6.23. The Labute approximate surface area is 113 Å². The molecule has 0 fully saturated rings. The van der Waals surface area contributed by atoms with Gasteiger partial charge in [-0.1, -0.05) is 13.0 Å². The molecule has 7 heteroatoms. The van der Waals surface area contributed by atoms with Gasteiger partial charge in [-0.3, -0.25) is 0 Å². The number of hydrogen-bond donors (Lipinski definition) is 0. The average molecular weight is 287 g/mol. The summed E-state index contributed by atoms with van der Waals surface area (Å²) < 4.78 is 36.1. The van der Waals surface area contributed by atoms with Crippen LogP contribution in [0.4, 0.5) is 0 Å². The van der Waals surface area contributed by atoms with E-state index in [0.29, 0.717) is 0 Å². The minimum absolute atomic E-state index is 1.03. The topological polar surface area (TPSA) is 109 Å². The monoisotopic (exact) mass is 286 g/mol. The molecule has 0 radical (unpaired) electrons. The van der Waals surface area contributed by atoms with Gasteiger partial charge >= 0.3 is 5.65 Å². The molecule has 0 bridgehead atoms. The Morgan fingerprint density at radius 2 is 1.74 bits per heavy atom. The van der Waals surface area contributed by atoms with Crippen molar-refractivity contribution >= 4 is 5.65 Å². The summed E-state index contributed by atoms with van der Waals surface area (Å²) in [6.45, 7) is 6.41. The second-order valence-corrected chi connectivity index (χ2v) is 4.68. The zero-order valence-corrected chi connectivity index (χ0v) is 11.7. The first-order valence-corrected chi connectivity index (χ1v) is 6.85. The van der Waals surface area contributed by atoms with Gasteiger partial charge in [-0.2, -0.15) is 0 Å². The van der Waals surface area contributed by atoms with Crippen LogP contribution in [0.3, 0.4) is 0 Å². The fourth-order valence-electron chi connectivity index (χ4n) is 1.97. The van der Waals surface area contributed by atoms with E-state index in [1.165, 1.54) is 11.3 Å². The Morgan fingerprint density at radius 1 is 1.16 bits per heavy atom. The van der Waals surface area contributed by atoms with E-state index in [-0.39, 0.29) is 0 Å². The summed E-state index contributed by atoms with van der Waals surface area (Å²) in [4.78, 5) is 4.57. The number of fused-ring (bicyclic) bond motifs is 1. The van der Waals surface area contributed by atoms with Crippen LogP contribution < -0.4 is 23.0 Å². The van der Waals surface area contributed by atoms with Crippen LogP contribution in [-0.4, -0.2) is 4.98 Å². The lowest BCUT2D eigenvalue weighted by Crippen LogP contribution is -2.68. The fourth-order valence-corrected chi connectivity index (χ4v) is 1.97. The molecule has 0 N–H and O–H groups in total. The number of hydrogen-bond acceptors (Lipinski definition) is 5. The van der Waals surface area contributed by atoms with E-state index in [2.05, 4.69) is 36.4 Å². The molecule has 0 unspecified atom stereocenters. The quantitative estimate of drug-likeness (QED) is 0.528. The van der Waals surface area contributed by atoms with E-state index >= 15 is 0 Å².